The molecule has 608 valence electrons. The van der Waals surface area contributed by atoms with Gasteiger partial charge in [0.05, 0.1) is 32.2 Å². The fourth-order valence-electron chi connectivity index (χ4n) is 11.3. The number of phenols is 1. The SMILES string of the molecule is CC(C)[C@H](NC(=O)[C@H](Cc1ccccc1)NC(=O)[C@H](Cc1c[nH]c2ccccc12)NC(=O)[C@H](CS)NC(=O)[C@H](CCC(=O)O)NC(=O)[C@H](CCC(=O)O)NC(=O)CNC(=O)CNC(=O)[C@H](Cc1ccc(O)cc1)NC(=O)[C@H](CCC(=O)O)NC(=O)CNC(=O)[C@@H]1CCCN1C(=O)CNC(=O)[C@H](CS)NC(=O)[C@H](C)N)C(=O)O. The van der Waals surface area contributed by atoms with Crippen LogP contribution in [0.15, 0.2) is 85.1 Å². The number of aliphatic carboxylic acids is 4. The molecule has 1 aliphatic heterocycles. The number of amides is 14. The number of para-hydroxylation sites is 1. The lowest BCUT2D eigenvalue weighted by atomic mass is 10.00. The van der Waals surface area contributed by atoms with E-state index in [9.17, 15) is 112 Å². The summed E-state index contributed by atoms with van der Waals surface area (Å²) in [7, 11) is 0. The first kappa shape index (κ1) is 90.7. The van der Waals surface area contributed by atoms with Gasteiger partial charge in [-0.05, 0) is 79.8 Å². The number of thiol groups is 2. The molecule has 5 rings (SSSR count). The van der Waals surface area contributed by atoms with Gasteiger partial charge in [-0.15, -0.1) is 0 Å². The van der Waals surface area contributed by atoms with Gasteiger partial charge >= 0.3 is 23.9 Å². The van der Waals surface area contributed by atoms with Crippen molar-refractivity contribution in [2.75, 3.05) is 44.2 Å². The summed E-state index contributed by atoms with van der Waals surface area (Å²) >= 11 is 8.32. The second-order valence-corrected chi connectivity index (χ2v) is 27.2. The van der Waals surface area contributed by atoms with E-state index in [0.717, 1.165) is 4.90 Å². The Morgan fingerprint density at radius 1 is 0.464 bits per heavy atom. The Hall–Kier alpha value is -11.9. The van der Waals surface area contributed by atoms with Gasteiger partial charge in [-0.3, -0.25) is 81.5 Å². The Morgan fingerprint density at radius 2 is 0.884 bits per heavy atom. The molecule has 41 heteroatoms. The molecule has 1 fully saturated rings. The number of aromatic nitrogens is 1. The van der Waals surface area contributed by atoms with Crippen molar-refractivity contribution in [3.63, 3.8) is 0 Å². The van der Waals surface area contributed by atoms with Gasteiger partial charge in [0.15, 0.2) is 0 Å². The lowest BCUT2D eigenvalue weighted by molar-refractivity contribution is -0.143. The molecule has 4 aromatic rings. The standard InChI is InChI=1S/C71H94N16O23S2/c1-36(2)60(71(109)110)86-68(106)48(26-38-10-5-4-6-11-38)82-67(105)49(28-40-29-73-43-13-8-7-12-42(40)43)83-69(107)51(35-112)85-66(104)46(21-24-59(97)98)80-64(102)44(19-22-57(93)94)78-54(90)31-74-53(89)30-75-62(100)47(27-39-15-17-41(88)18-16-39)81-65(103)45(20-23-58(95)96)79-55(91)32-76-70(108)52-14-9-25-87(52)56(92)33-77-63(101)50(34-111)84-61(99)37(3)72/h4-8,10-13,15-18,29,36-37,44-52,60,73,88,111-112H,9,14,19-28,30-35,72H2,1-3H3,(H,74,89)(H,75,100)(H,76,108)(H,77,101)(H,78,90)(H,79,91)(H,80,102)(H,81,103)(H,82,105)(H,83,107)(H,84,99)(H,85,104)(H,86,106)(H,93,94)(H,95,96)(H,97,98)(H,109,110)/t37-,44-,45-,46-,47-,48-,49-,50-,51-,52-,60-/m0/s1. The number of nitrogens with one attached hydrogen (secondary N) is 14. The molecule has 11 atom stereocenters. The Kier molecular flexibility index (Phi) is 36.7. The Labute approximate surface area is 651 Å². The number of carbonyl (C=O) groups excluding carboxylic acids is 14. The van der Waals surface area contributed by atoms with Crippen LogP contribution in [0.1, 0.15) is 88.8 Å². The topological polar surface area (TPSA) is 610 Å². The van der Waals surface area contributed by atoms with Crippen LogP contribution in [-0.2, 0) is 106 Å². The van der Waals surface area contributed by atoms with Gasteiger partial charge in [-0.2, -0.15) is 25.3 Å². The maximum Gasteiger partial charge on any atom is 0.326 e. The molecule has 0 bridgehead atoms. The molecule has 0 spiro atoms. The van der Waals surface area contributed by atoms with E-state index in [1.165, 1.54) is 31.2 Å². The molecule has 1 aliphatic rings. The van der Waals surface area contributed by atoms with Crippen molar-refractivity contribution in [1.82, 2.24) is 79.0 Å². The predicted molar refractivity (Wildman–Crippen MR) is 403 cm³/mol. The van der Waals surface area contributed by atoms with Crippen LogP contribution in [0.2, 0.25) is 0 Å². The molecule has 21 N–H and O–H groups in total. The van der Waals surface area contributed by atoms with Gasteiger partial charge in [0.25, 0.3) is 0 Å². The predicted octanol–water partition coefficient (Wildman–Crippen LogP) is -4.74. The van der Waals surface area contributed by atoms with Crippen LogP contribution in [0.25, 0.3) is 10.9 Å². The highest BCUT2D eigenvalue weighted by Crippen LogP contribution is 2.21. The molecule has 0 aliphatic carbocycles. The van der Waals surface area contributed by atoms with Gasteiger partial charge in [-0.25, -0.2) is 4.79 Å². The monoisotopic (exact) mass is 1600 g/mol. The molecule has 0 radical (unpaired) electrons. The third kappa shape index (κ3) is 30.2. The number of H-pyrrole nitrogens is 1. The number of nitrogens with zero attached hydrogens (tertiary/aromatic N) is 1. The van der Waals surface area contributed by atoms with Crippen molar-refractivity contribution in [1.29, 1.82) is 0 Å². The fourth-order valence-corrected chi connectivity index (χ4v) is 11.8. The van der Waals surface area contributed by atoms with Crippen molar-refractivity contribution in [3.8, 4) is 5.75 Å². The van der Waals surface area contributed by atoms with E-state index >= 15 is 0 Å². The third-order valence-electron chi connectivity index (χ3n) is 17.4. The Bertz CT molecular complexity index is 4050. The van der Waals surface area contributed by atoms with Crippen molar-refractivity contribution in [2.45, 2.75) is 158 Å². The molecule has 0 saturated carbocycles. The quantitative estimate of drug-likeness (QED) is 0.0185. The minimum absolute atomic E-state index is 0.0897. The Morgan fingerprint density at radius 3 is 1.41 bits per heavy atom. The van der Waals surface area contributed by atoms with Crippen molar-refractivity contribution in [2.24, 2.45) is 11.7 Å². The van der Waals surface area contributed by atoms with Crippen LogP contribution in [0.3, 0.4) is 0 Å². The van der Waals surface area contributed by atoms with E-state index < -0.39 is 249 Å². The number of aromatic hydroxyl groups is 1. The number of fused-ring (bicyclic) bond motifs is 1. The summed E-state index contributed by atoms with van der Waals surface area (Å²) in [6.07, 6.45) is -2.88. The number of likely N-dealkylation sites (tertiary alicyclic amines) is 1. The number of rotatable bonds is 46. The molecule has 3 aromatic carbocycles. The summed E-state index contributed by atoms with van der Waals surface area (Å²) in [6, 6.07) is 4.42. The van der Waals surface area contributed by atoms with E-state index in [4.69, 9.17) is 5.73 Å². The summed E-state index contributed by atoms with van der Waals surface area (Å²) in [5, 5.41) is 80.2. The molecule has 1 saturated heterocycles. The summed E-state index contributed by atoms with van der Waals surface area (Å²) in [5.41, 5.74) is 7.59. The zero-order valence-electron chi connectivity index (χ0n) is 61.2. The molecule has 2 heterocycles. The second kappa shape index (κ2) is 45.3. The summed E-state index contributed by atoms with van der Waals surface area (Å²) in [5.74, 6) is -20.8. The van der Waals surface area contributed by atoms with Crippen LogP contribution in [0.5, 0.6) is 5.75 Å². The highest BCUT2D eigenvalue weighted by molar-refractivity contribution is 7.80. The summed E-state index contributed by atoms with van der Waals surface area (Å²) in [6.45, 7) is 1.34. The first-order valence-electron chi connectivity index (χ1n) is 35.4. The number of carbonyl (C=O) groups is 18. The first-order valence-corrected chi connectivity index (χ1v) is 36.7. The normalized spacial score (nSPS) is 15.0. The maximum atomic E-state index is 14.6. The highest BCUT2D eigenvalue weighted by atomic mass is 32.1. The minimum atomic E-state index is -1.85. The number of benzene rings is 3. The van der Waals surface area contributed by atoms with Gasteiger partial charge in [-0.1, -0.05) is 74.5 Å². The van der Waals surface area contributed by atoms with E-state index in [0.29, 0.717) is 34.0 Å². The maximum absolute atomic E-state index is 14.6. The number of hydrogen-bond acceptors (Lipinski definition) is 22. The van der Waals surface area contributed by atoms with Gasteiger partial charge in [0, 0.05) is 73.7 Å². The van der Waals surface area contributed by atoms with E-state index in [1.807, 2.05) is 0 Å². The molecule has 1 aromatic heterocycles. The molecule has 112 heavy (non-hydrogen) atoms. The largest absolute Gasteiger partial charge is 0.508 e. The molecular weight excluding hydrogens is 1510 g/mol. The number of hydrogen-bond donors (Lipinski definition) is 22. The van der Waals surface area contributed by atoms with Crippen molar-refractivity contribution in [3.05, 3.63) is 102 Å². The average molecular weight is 1600 g/mol. The number of carboxylic acids is 4. The number of nitrogens with two attached hydrogens (primary N) is 1. The third-order valence-corrected chi connectivity index (χ3v) is 18.1. The second-order valence-electron chi connectivity index (χ2n) is 26.4. The number of phenolic OH excluding ortho intramolecular Hbond substituents is 1. The lowest BCUT2D eigenvalue weighted by Gasteiger charge is -2.27. The van der Waals surface area contributed by atoms with Gasteiger partial charge in [0.1, 0.15) is 66.2 Å². The smallest absolute Gasteiger partial charge is 0.326 e. The summed E-state index contributed by atoms with van der Waals surface area (Å²) < 4.78 is 0. The van der Waals surface area contributed by atoms with Crippen LogP contribution in [0.4, 0.5) is 0 Å². The molecule has 14 amide bonds. The van der Waals surface area contributed by atoms with E-state index in [2.05, 4.69) is 99.4 Å². The minimum Gasteiger partial charge on any atom is -0.508 e. The zero-order chi connectivity index (χ0) is 82.9. The number of aromatic amines is 1. The van der Waals surface area contributed by atoms with Crippen LogP contribution in [-0.4, -0.2) is 253 Å². The fraction of sp³-hybridized carbons (Fsp3) is 0.465. The first-order chi connectivity index (χ1) is 53.1. The van der Waals surface area contributed by atoms with Crippen LogP contribution in [0, 0.1) is 5.92 Å². The average Bonchev–Trinajstić information content (AvgIpc) is 1.60. The highest BCUT2D eigenvalue weighted by Gasteiger charge is 2.38. The van der Waals surface area contributed by atoms with Gasteiger partial charge in [0.2, 0.25) is 82.7 Å². The van der Waals surface area contributed by atoms with E-state index in [-0.39, 0.29) is 43.7 Å². The Balaban J connectivity index is 1.24. The number of carboxylic acid groups (broad SMARTS) is 4. The van der Waals surface area contributed by atoms with Crippen LogP contribution < -0.4 is 74.9 Å². The molecule has 0 unspecified atom stereocenters. The van der Waals surface area contributed by atoms with Gasteiger partial charge < -0.3 is 110 Å². The molecular formula is C71H94N16O23S2. The van der Waals surface area contributed by atoms with E-state index in [1.54, 1.807) is 74.6 Å². The molecule has 39 nitrogen and oxygen atoms in total. The van der Waals surface area contributed by atoms with Crippen LogP contribution >= 0.6 is 25.3 Å². The van der Waals surface area contributed by atoms with Crippen molar-refractivity contribution < 1.29 is 112 Å². The summed E-state index contributed by atoms with van der Waals surface area (Å²) in [4.78, 5) is 242. The zero-order valence-corrected chi connectivity index (χ0v) is 63.0. The lowest BCUT2D eigenvalue weighted by Crippen LogP contribution is -2.60. The van der Waals surface area contributed by atoms with Crippen molar-refractivity contribution >= 4 is 143 Å².